The normalized spacial score (nSPS) is 23.4. The highest BCUT2D eigenvalue weighted by Gasteiger charge is 2.50. The maximum absolute atomic E-state index is 14.3. The number of nitrogens with zero attached hydrogens (tertiary/aromatic N) is 1. The van der Waals surface area contributed by atoms with Crippen molar-refractivity contribution >= 4 is 17.5 Å². The Morgan fingerprint density at radius 1 is 1.08 bits per heavy atom. The van der Waals surface area contributed by atoms with E-state index in [2.05, 4.69) is 33.4 Å². The highest BCUT2D eigenvalue weighted by Crippen LogP contribution is 2.51. The third-order valence-corrected chi connectivity index (χ3v) is 8.30. The molecule has 1 fully saturated rings. The van der Waals surface area contributed by atoms with Crippen LogP contribution in [0.1, 0.15) is 94.2 Å². The van der Waals surface area contributed by atoms with Crippen molar-refractivity contribution in [3.8, 4) is 0 Å². The molecule has 1 heterocycles. The summed E-state index contributed by atoms with van der Waals surface area (Å²) in [5.74, 6) is 0.0789. The van der Waals surface area contributed by atoms with Gasteiger partial charge in [0, 0.05) is 0 Å². The molecule has 2 aromatic rings. The summed E-state index contributed by atoms with van der Waals surface area (Å²) in [7, 11) is 0. The second-order valence-electron chi connectivity index (χ2n) is 11.3. The van der Waals surface area contributed by atoms with E-state index in [-0.39, 0.29) is 28.7 Å². The molecule has 2 aliphatic rings. The van der Waals surface area contributed by atoms with Crippen LogP contribution in [0.25, 0.3) is 5.57 Å². The summed E-state index contributed by atoms with van der Waals surface area (Å²) in [6.07, 6.45) is 4.35. The summed E-state index contributed by atoms with van der Waals surface area (Å²) in [4.78, 5) is 27.5. The second kappa shape index (κ2) is 9.78. The molecule has 2 aromatic carbocycles. The molecule has 1 aliphatic carbocycles. The molecule has 4 rings (SSSR count). The van der Waals surface area contributed by atoms with Crippen molar-refractivity contribution in [3.05, 3.63) is 82.3 Å². The van der Waals surface area contributed by atoms with E-state index in [1.54, 1.807) is 24.3 Å². The maximum atomic E-state index is 14.3. The largest absolute Gasteiger partial charge is 0.332 e. The molecule has 1 amide bonds. The first-order valence-corrected chi connectivity index (χ1v) is 12.9. The molecule has 0 radical (unpaired) electrons. The van der Waals surface area contributed by atoms with Crippen LogP contribution in [-0.2, 0) is 4.79 Å². The van der Waals surface area contributed by atoms with Gasteiger partial charge >= 0.3 is 6.04 Å². The van der Waals surface area contributed by atoms with E-state index in [4.69, 9.17) is 0 Å². The molecule has 1 aliphatic heterocycles. The highest BCUT2D eigenvalue weighted by atomic mass is 19.1. The monoisotopic (exact) mass is 491 g/mol. The predicted molar refractivity (Wildman–Crippen MR) is 138 cm³/mol. The van der Waals surface area contributed by atoms with Gasteiger partial charge in [-0.2, -0.15) is 4.39 Å². The lowest BCUT2D eigenvalue weighted by Crippen LogP contribution is -2.57. The number of hydrogen-bond donors (Lipinski definition) is 0. The van der Waals surface area contributed by atoms with Crippen LogP contribution in [0, 0.1) is 17.2 Å². The average molecular weight is 492 g/mol. The van der Waals surface area contributed by atoms with E-state index >= 15 is 0 Å². The maximum Gasteiger partial charge on any atom is 0.332 e. The van der Waals surface area contributed by atoms with Crippen molar-refractivity contribution in [1.82, 2.24) is 4.90 Å². The molecule has 0 aromatic heterocycles. The van der Waals surface area contributed by atoms with Crippen LogP contribution >= 0.6 is 0 Å². The van der Waals surface area contributed by atoms with Gasteiger partial charge < -0.3 is 4.90 Å². The number of rotatable bonds is 5. The smallest absolute Gasteiger partial charge is 0.321 e. The Kier molecular flexibility index (Phi) is 7.07. The minimum Gasteiger partial charge on any atom is -0.321 e. The SMILES string of the molecule is CCC(c1ccc(C(=O)F)cc1)N1C(=O)C(c2ccc(F)cc2)=C=C(C)C12CCC(C(C)(C)C)CC2. The van der Waals surface area contributed by atoms with Gasteiger partial charge in [0.05, 0.1) is 22.7 Å². The molecule has 3 nitrogen and oxygen atoms in total. The van der Waals surface area contributed by atoms with Crippen LogP contribution in [0.2, 0.25) is 0 Å². The van der Waals surface area contributed by atoms with Gasteiger partial charge in [0.25, 0.3) is 5.91 Å². The van der Waals surface area contributed by atoms with E-state index in [0.717, 1.165) is 36.8 Å². The predicted octanol–water partition coefficient (Wildman–Crippen LogP) is 7.83. The van der Waals surface area contributed by atoms with Crippen molar-refractivity contribution in [2.75, 3.05) is 0 Å². The summed E-state index contributed by atoms with van der Waals surface area (Å²) in [6.45, 7) is 10.9. The zero-order valence-electron chi connectivity index (χ0n) is 21.8. The summed E-state index contributed by atoms with van der Waals surface area (Å²) < 4.78 is 26.9. The van der Waals surface area contributed by atoms with E-state index in [1.165, 1.54) is 24.3 Å². The highest BCUT2D eigenvalue weighted by molar-refractivity contribution is 6.20. The van der Waals surface area contributed by atoms with Crippen molar-refractivity contribution in [2.45, 2.75) is 78.3 Å². The van der Waals surface area contributed by atoms with Crippen molar-refractivity contribution in [3.63, 3.8) is 0 Å². The van der Waals surface area contributed by atoms with Gasteiger partial charge in [-0.3, -0.25) is 9.59 Å². The summed E-state index contributed by atoms with van der Waals surface area (Å²) in [5, 5.41) is 0. The van der Waals surface area contributed by atoms with Crippen LogP contribution < -0.4 is 0 Å². The quantitative estimate of drug-likeness (QED) is 0.316. The number of carbonyl (C=O) groups is 2. The molecule has 1 saturated carbocycles. The van der Waals surface area contributed by atoms with Crippen molar-refractivity contribution < 1.29 is 18.4 Å². The topological polar surface area (TPSA) is 37.4 Å². The van der Waals surface area contributed by atoms with E-state index < -0.39 is 11.6 Å². The molecule has 0 N–H and O–H groups in total. The van der Waals surface area contributed by atoms with E-state index in [9.17, 15) is 18.4 Å². The molecule has 0 saturated heterocycles. The lowest BCUT2D eigenvalue weighted by Gasteiger charge is -2.54. The molecule has 1 unspecified atom stereocenters. The van der Waals surface area contributed by atoms with Crippen LogP contribution in [0.5, 0.6) is 0 Å². The Hall–Kier alpha value is -3.04. The van der Waals surface area contributed by atoms with Gasteiger partial charge in [-0.1, -0.05) is 52.0 Å². The van der Waals surface area contributed by atoms with Gasteiger partial charge in [0.2, 0.25) is 0 Å². The fourth-order valence-electron chi connectivity index (χ4n) is 6.09. The van der Waals surface area contributed by atoms with Crippen LogP contribution in [0.15, 0.2) is 59.8 Å². The van der Waals surface area contributed by atoms with E-state index in [0.29, 0.717) is 23.5 Å². The fourth-order valence-corrected chi connectivity index (χ4v) is 6.09. The summed E-state index contributed by atoms with van der Waals surface area (Å²) >= 11 is 0. The summed E-state index contributed by atoms with van der Waals surface area (Å²) in [6, 6.07) is 10.7. The van der Waals surface area contributed by atoms with Crippen LogP contribution in [0.3, 0.4) is 0 Å². The minimum absolute atomic E-state index is 0.00180. The molecular weight excluding hydrogens is 456 g/mol. The molecule has 190 valence electrons. The van der Waals surface area contributed by atoms with Gasteiger partial charge in [-0.15, -0.1) is 5.73 Å². The minimum atomic E-state index is -1.47. The first-order valence-electron chi connectivity index (χ1n) is 12.9. The molecule has 5 heteroatoms. The van der Waals surface area contributed by atoms with Gasteiger partial charge in [-0.05, 0) is 91.3 Å². The Bertz CT molecular complexity index is 1210. The molecule has 1 atom stereocenters. The Morgan fingerprint density at radius 2 is 1.67 bits per heavy atom. The number of benzene rings is 2. The van der Waals surface area contributed by atoms with Crippen molar-refractivity contribution in [1.29, 1.82) is 0 Å². The first kappa shape index (κ1) is 26.0. The molecule has 36 heavy (non-hydrogen) atoms. The zero-order chi connectivity index (χ0) is 26.3. The molecule has 0 bridgehead atoms. The second-order valence-corrected chi connectivity index (χ2v) is 11.3. The van der Waals surface area contributed by atoms with Crippen molar-refractivity contribution in [2.24, 2.45) is 11.3 Å². The standard InChI is InChI=1S/C31H35F2NO2/c1-6-27(22-7-9-23(10-8-22)28(33)35)34-29(36)26(21-11-13-25(32)14-12-21)19-20(2)31(34)17-15-24(16-18-31)30(3,4)5/h7-14,24,27H,6,15-18H2,1-5H3. The molecular formula is C31H35F2NO2. The Balaban J connectivity index is 1.83. The van der Waals surface area contributed by atoms with E-state index in [1.807, 2.05) is 11.8 Å². The summed E-state index contributed by atoms with van der Waals surface area (Å²) in [5.41, 5.74) is 6.09. The third kappa shape index (κ3) is 4.69. The van der Waals surface area contributed by atoms with Crippen LogP contribution in [0.4, 0.5) is 8.78 Å². The van der Waals surface area contributed by atoms with Gasteiger partial charge in [0.1, 0.15) is 5.82 Å². The van der Waals surface area contributed by atoms with Gasteiger partial charge in [0.15, 0.2) is 0 Å². The third-order valence-electron chi connectivity index (χ3n) is 8.30. The first-order chi connectivity index (χ1) is 17.0. The average Bonchev–Trinajstić information content (AvgIpc) is 2.84. The van der Waals surface area contributed by atoms with Gasteiger partial charge in [-0.25, -0.2) is 4.39 Å². The Labute approximate surface area is 212 Å². The number of halogens is 2. The van der Waals surface area contributed by atoms with Crippen LogP contribution in [-0.4, -0.2) is 22.4 Å². The molecule has 1 spiro atoms. The lowest BCUT2D eigenvalue weighted by molar-refractivity contribution is -0.136. The lowest BCUT2D eigenvalue weighted by atomic mass is 9.64. The fraction of sp³-hybridized carbons (Fsp3) is 0.452. The number of hydrogen-bond acceptors (Lipinski definition) is 2. The number of amides is 1. The zero-order valence-corrected chi connectivity index (χ0v) is 21.8. The Morgan fingerprint density at radius 3 is 2.17 bits per heavy atom. The number of carbonyl (C=O) groups excluding carboxylic acids is 2.